The number of ether oxygens (including phenoxy) is 1. The van der Waals surface area contributed by atoms with Gasteiger partial charge < -0.3 is 4.74 Å². The van der Waals surface area contributed by atoms with Gasteiger partial charge >= 0.3 is 5.97 Å². The number of carbonyl (C=O) groups excluding carboxylic acids is 1. The molecule has 1 aromatic carbocycles. The lowest BCUT2D eigenvalue weighted by Gasteiger charge is -2.04. The minimum absolute atomic E-state index is 0.291. The van der Waals surface area contributed by atoms with E-state index in [1.54, 1.807) is 6.92 Å². The molecule has 1 rings (SSSR count). The SMILES string of the molecule is COC(=O)c1cc(Cl)c(C)c(C#N)c1. The van der Waals surface area contributed by atoms with E-state index >= 15 is 0 Å². The number of halogens is 1. The van der Waals surface area contributed by atoms with Crippen LogP contribution in [0.5, 0.6) is 0 Å². The molecule has 3 nitrogen and oxygen atoms in total. The molecule has 0 saturated carbocycles. The van der Waals surface area contributed by atoms with Crippen LogP contribution in [0, 0.1) is 18.3 Å². The van der Waals surface area contributed by atoms with Crippen molar-refractivity contribution in [1.82, 2.24) is 0 Å². The van der Waals surface area contributed by atoms with Crippen molar-refractivity contribution in [2.24, 2.45) is 0 Å². The van der Waals surface area contributed by atoms with Crippen molar-refractivity contribution in [1.29, 1.82) is 5.26 Å². The lowest BCUT2D eigenvalue weighted by Crippen LogP contribution is -2.02. The number of rotatable bonds is 1. The summed E-state index contributed by atoms with van der Waals surface area (Å²) in [5.41, 5.74) is 1.35. The fourth-order valence-electron chi connectivity index (χ4n) is 1.03. The zero-order valence-corrected chi connectivity index (χ0v) is 8.55. The van der Waals surface area contributed by atoms with E-state index in [4.69, 9.17) is 16.9 Å². The molecule has 0 bridgehead atoms. The van der Waals surface area contributed by atoms with Gasteiger partial charge in [-0.3, -0.25) is 0 Å². The number of benzene rings is 1. The van der Waals surface area contributed by atoms with Gasteiger partial charge in [0.15, 0.2) is 0 Å². The molecule has 4 heteroatoms. The molecule has 0 fully saturated rings. The summed E-state index contributed by atoms with van der Waals surface area (Å²) >= 11 is 5.84. The van der Waals surface area contributed by atoms with Crippen LogP contribution in [0.1, 0.15) is 21.5 Å². The summed E-state index contributed by atoms with van der Waals surface area (Å²) in [5.74, 6) is -0.497. The summed E-state index contributed by atoms with van der Waals surface area (Å²) in [7, 11) is 1.28. The molecular weight excluding hydrogens is 202 g/mol. The van der Waals surface area contributed by atoms with Gasteiger partial charge in [-0.25, -0.2) is 4.79 Å². The number of esters is 1. The first kappa shape index (κ1) is 10.6. The Balaban J connectivity index is 3.32. The van der Waals surface area contributed by atoms with Gasteiger partial charge in [0.05, 0.1) is 24.3 Å². The van der Waals surface area contributed by atoms with Gasteiger partial charge in [-0.05, 0) is 24.6 Å². The zero-order valence-electron chi connectivity index (χ0n) is 7.80. The normalized spacial score (nSPS) is 9.29. The Kier molecular flexibility index (Phi) is 3.10. The number of carbonyl (C=O) groups is 1. The summed E-state index contributed by atoms with van der Waals surface area (Å²) in [6, 6.07) is 4.92. The van der Waals surface area contributed by atoms with Crippen molar-refractivity contribution >= 4 is 17.6 Å². The van der Waals surface area contributed by atoms with Crippen LogP contribution in [0.4, 0.5) is 0 Å². The van der Waals surface area contributed by atoms with Crippen molar-refractivity contribution in [3.05, 3.63) is 33.8 Å². The second-order valence-corrected chi connectivity index (χ2v) is 3.14. The quantitative estimate of drug-likeness (QED) is 0.667. The molecule has 0 saturated heterocycles. The van der Waals surface area contributed by atoms with Gasteiger partial charge in [0.2, 0.25) is 0 Å². The maximum absolute atomic E-state index is 11.2. The molecule has 0 N–H and O–H groups in total. The summed E-state index contributed by atoms with van der Waals surface area (Å²) < 4.78 is 4.52. The monoisotopic (exact) mass is 209 g/mol. The highest BCUT2D eigenvalue weighted by molar-refractivity contribution is 6.31. The maximum atomic E-state index is 11.2. The first-order valence-corrected chi connectivity index (χ1v) is 4.26. The van der Waals surface area contributed by atoms with Crippen LogP contribution in [0.25, 0.3) is 0 Å². The standard InChI is InChI=1S/C10H8ClNO2/c1-6-8(5-12)3-7(4-9(6)11)10(13)14-2/h3-4H,1-2H3. The second kappa shape index (κ2) is 4.12. The average Bonchev–Trinajstić information content (AvgIpc) is 2.20. The van der Waals surface area contributed by atoms with E-state index in [9.17, 15) is 4.79 Å². The molecule has 0 unspecified atom stereocenters. The summed E-state index contributed by atoms with van der Waals surface area (Å²) in [4.78, 5) is 11.2. The molecule has 0 atom stereocenters. The largest absolute Gasteiger partial charge is 0.465 e. The molecule has 72 valence electrons. The Morgan fingerprint density at radius 3 is 2.71 bits per heavy atom. The Bertz CT molecular complexity index is 421. The lowest BCUT2D eigenvalue weighted by molar-refractivity contribution is 0.0600. The minimum atomic E-state index is -0.497. The molecule has 0 amide bonds. The topological polar surface area (TPSA) is 50.1 Å². The fraction of sp³-hybridized carbons (Fsp3) is 0.200. The summed E-state index contributed by atoms with van der Waals surface area (Å²) in [5, 5.41) is 9.15. The number of hydrogen-bond donors (Lipinski definition) is 0. The van der Waals surface area contributed by atoms with E-state index < -0.39 is 5.97 Å². The van der Waals surface area contributed by atoms with Crippen LogP contribution in [0.3, 0.4) is 0 Å². The molecular formula is C10H8ClNO2. The van der Waals surface area contributed by atoms with Crippen LogP contribution in [0.15, 0.2) is 12.1 Å². The van der Waals surface area contributed by atoms with E-state index in [0.29, 0.717) is 21.7 Å². The van der Waals surface area contributed by atoms with Crippen molar-refractivity contribution < 1.29 is 9.53 Å². The second-order valence-electron chi connectivity index (χ2n) is 2.73. The van der Waals surface area contributed by atoms with Crippen molar-refractivity contribution in [3.8, 4) is 6.07 Å². The third-order valence-electron chi connectivity index (χ3n) is 1.89. The molecule has 0 aliphatic carbocycles. The Labute approximate surface area is 86.9 Å². The van der Waals surface area contributed by atoms with Crippen molar-refractivity contribution in [2.45, 2.75) is 6.92 Å². The van der Waals surface area contributed by atoms with Crippen LogP contribution in [-0.2, 0) is 4.74 Å². The van der Waals surface area contributed by atoms with Crippen LogP contribution >= 0.6 is 11.6 Å². The molecule has 0 aliphatic rings. The third-order valence-corrected chi connectivity index (χ3v) is 2.28. The number of nitriles is 1. The van der Waals surface area contributed by atoms with E-state index in [1.807, 2.05) is 6.07 Å². The molecule has 0 spiro atoms. The highest BCUT2D eigenvalue weighted by Gasteiger charge is 2.11. The van der Waals surface area contributed by atoms with E-state index in [0.717, 1.165) is 0 Å². The van der Waals surface area contributed by atoms with Gasteiger partial charge in [-0.2, -0.15) is 5.26 Å². The number of methoxy groups -OCH3 is 1. The minimum Gasteiger partial charge on any atom is -0.465 e. The molecule has 14 heavy (non-hydrogen) atoms. The molecule has 1 aromatic rings. The molecule has 0 radical (unpaired) electrons. The summed E-state index contributed by atoms with van der Waals surface area (Å²) in [6.45, 7) is 1.72. The van der Waals surface area contributed by atoms with E-state index in [-0.39, 0.29) is 0 Å². The van der Waals surface area contributed by atoms with E-state index in [1.165, 1.54) is 19.2 Å². The van der Waals surface area contributed by atoms with Crippen LogP contribution in [-0.4, -0.2) is 13.1 Å². The molecule has 0 heterocycles. The number of hydrogen-bond acceptors (Lipinski definition) is 3. The van der Waals surface area contributed by atoms with Crippen LogP contribution < -0.4 is 0 Å². The highest BCUT2D eigenvalue weighted by Crippen LogP contribution is 2.21. The Morgan fingerprint density at radius 1 is 1.57 bits per heavy atom. The Morgan fingerprint density at radius 2 is 2.21 bits per heavy atom. The summed E-state index contributed by atoms with van der Waals surface area (Å²) in [6.07, 6.45) is 0. The van der Waals surface area contributed by atoms with Crippen molar-refractivity contribution in [3.63, 3.8) is 0 Å². The Hall–Kier alpha value is -1.53. The molecule has 0 aliphatic heterocycles. The smallest absolute Gasteiger partial charge is 0.337 e. The highest BCUT2D eigenvalue weighted by atomic mass is 35.5. The first-order valence-electron chi connectivity index (χ1n) is 3.88. The van der Waals surface area contributed by atoms with Crippen molar-refractivity contribution in [2.75, 3.05) is 7.11 Å². The average molecular weight is 210 g/mol. The van der Waals surface area contributed by atoms with Gasteiger partial charge in [0.25, 0.3) is 0 Å². The first-order chi connectivity index (χ1) is 6.60. The van der Waals surface area contributed by atoms with Gasteiger partial charge in [0, 0.05) is 5.02 Å². The third kappa shape index (κ3) is 1.86. The zero-order chi connectivity index (χ0) is 10.7. The maximum Gasteiger partial charge on any atom is 0.337 e. The fourth-order valence-corrected chi connectivity index (χ4v) is 1.25. The predicted molar refractivity (Wildman–Crippen MR) is 52.2 cm³/mol. The number of nitrogens with zero attached hydrogens (tertiary/aromatic N) is 1. The van der Waals surface area contributed by atoms with E-state index in [2.05, 4.69) is 4.74 Å². The van der Waals surface area contributed by atoms with Gasteiger partial charge in [0.1, 0.15) is 0 Å². The molecule has 0 aromatic heterocycles. The lowest BCUT2D eigenvalue weighted by atomic mass is 10.1. The van der Waals surface area contributed by atoms with Gasteiger partial charge in [-0.15, -0.1) is 0 Å². The van der Waals surface area contributed by atoms with Crippen LogP contribution in [0.2, 0.25) is 5.02 Å². The van der Waals surface area contributed by atoms with Gasteiger partial charge in [-0.1, -0.05) is 11.6 Å². The predicted octanol–water partition coefficient (Wildman–Crippen LogP) is 2.31.